The van der Waals surface area contributed by atoms with Gasteiger partial charge in [0.1, 0.15) is 6.54 Å². The van der Waals surface area contributed by atoms with E-state index in [1.165, 1.54) is 9.80 Å². The van der Waals surface area contributed by atoms with Gasteiger partial charge in [0.15, 0.2) is 0 Å². The molecule has 1 aromatic rings. The fraction of sp³-hybridized carbons (Fsp3) is 0.438. The molecule has 118 valence electrons. The largest absolute Gasteiger partial charge is 0.481 e. The molecule has 2 amide bonds. The monoisotopic (exact) mass is 304 g/mol. The van der Waals surface area contributed by atoms with Crippen molar-refractivity contribution in [3.8, 4) is 0 Å². The molecular formula is C16H20N2O4. The van der Waals surface area contributed by atoms with Gasteiger partial charge in [0.25, 0.3) is 5.91 Å². The summed E-state index contributed by atoms with van der Waals surface area (Å²) in [5.74, 6) is -1.31. The van der Waals surface area contributed by atoms with Crippen molar-refractivity contribution in [1.82, 2.24) is 9.80 Å². The quantitative estimate of drug-likeness (QED) is 0.860. The minimum Gasteiger partial charge on any atom is -0.481 e. The van der Waals surface area contributed by atoms with Crippen molar-refractivity contribution in [2.75, 3.05) is 13.1 Å². The molecule has 0 saturated heterocycles. The Morgan fingerprint density at radius 1 is 1.32 bits per heavy atom. The molecule has 0 unspecified atom stereocenters. The summed E-state index contributed by atoms with van der Waals surface area (Å²) in [6.45, 7) is 4.22. The van der Waals surface area contributed by atoms with Crippen LogP contribution in [0.4, 0.5) is 0 Å². The number of carbonyl (C=O) groups excluding carboxylic acids is 2. The highest BCUT2D eigenvalue weighted by atomic mass is 16.4. The zero-order chi connectivity index (χ0) is 16.3. The van der Waals surface area contributed by atoms with Gasteiger partial charge in [0, 0.05) is 24.7 Å². The van der Waals surface area contributed by atoms with Crippen molar-refractivity contribution in [2.45, 2.75) is 32.9 Å². The number of carbonyl (C=O) groups is 3. The molecule has 1 N–H and O–H groups in total. The molecule has 1 aliphatic heterocycles. The van der Waals surface area contributed by atoms with Gasteiger partial charge in [-0.05, 0) is 25.5 Å². The number of rotatable bonds is 6. The molecule has 1 aromatic carbocycles. The Hall–Kier alpha value is -2.37. The average Bonchev–Trinajstić information content (AvgIpc) is 2.75. The Kier molecular flexibility index (Phi) is 4.80. The molecule has 2 rings (SSSR count). The van der Waals surface area contributed by atoms with Gasteiger partial charge in [-0.1, -0.05) is 18.2 Å². The van der Waals surface area contributed by atoms with Crippen molar-refractivity contribution in [3.63, 3.8) is 0 Å². The van der Waals surface area contributed by atoms with E-state index in [2.05, 4.69) is 0 Å². The van der Waals surface area contributed by atoms with E-state index in [9.17, 15) is 14.4 Å². The zero-order valence-corrected chi connectivity index (χ0v) is 12.8. The standard InChI is InChI=1S/C16H20N2O4/c1-11(2)18(8-7-15(20)21)14(19)10-17-9-12-5-3-4-6-13(12)16(17)22/h3-6,11H,7-10H2,1-2H3,(H,20,21). The fourth-order valence-electron chi connectivity index (χ4n) is 2.58. The Bertz CT molecular complexity index is 598. The second kappa shape index (κ2) is 6.60. The molecule has 0 aromatic heterocycles. The Morgan fingerprint density at radius 2 is 2.00 bits per heavy atom. The lowest BCUT2D eigenvalue weighted by Gasteiger charge is -2.28. The van der Waals surface area contributed by atoms with Crippen LogP contribution >= 0.6 is 0 Å². The van der Waals surface area contributed by atoms with E-state index in [1.807, 2.05) is 26.0 Å². The summed E-state index contributed by atoms with van der Waals surface area (Å²) in [4.78, 5) is 38.3. The molecule has 1 heterocycles. The maximum absolute atomic E-state index is 12.4. The van der Waals surface area contributed by atoms with Crippen molar-refractivity contribution >= 4 is 17.8 Å². The molecule has 0 aliphatic carbocycles. The molecule has 0 atom stereocenters. The van der Waals surface area contributed by atoms with E-state index in [4.69, 9.17) is 5.11 Å². The first kappa shape index (κ1) is 16.0. The van der Waals surface area contributed by atoms with Crippen molar-refractivity contribution in [2.24, 2.45) is 0 Å². The number of benzene rings is 1. The van der Waals surface area contributed by atoms with Gasteiger partial charge in [-0.15, -0.1) is 0 Å². The SMILES string of the molecule is CC(C)N(CCC(=O)O)C(=O)CN1Cc2ccccc2C1=O. The minimum atomic E-state index is -0.942. The summed E-state index contributed by atoms with van der Waals surface area (Å²) < 4.78 is 0. The van der Waals surface area contributed by atoms with E-state index in [0.717, 1.165) is 5.56 Å². The summed E-state index contributed by atoms with van der Waals surface area (Å²) in [5, 5.41) is 8.77. The molecule has 1 aliphatic rings. The van der Waals surface area contributed by atoms with E-state index >= 15 is 0 Å². The predicted octanol–water partition coefficient (Wildman–Crippen LogP) is 1.35. The second-order valence-corrected chi connectivity index (χ2v) is 5.64. The van der Waals surface area contributed by atoms with Crippen molar-refractivity contribution in [1.29, 1.82) is 0 Å². The summed E-state index contributed by atoms with van der Waals surface area (Å²) in [5.41, 5.74) is 1.55. The van der Waals surface area contributed by atoms with Crippen molar-refractivity contribution < 1.29 is 19.5 Å². The first-order valence-corrected chi connectivity index (χ1v) is 7.28. The summed E-state index contributed by atoms with van der Waals surface area (Å²) in [6.07, 6.45) is -0.0991. The highest BCUT2D eigenvalue weighted by Gasteiger charge is 2.30. The number of hydrogen-bond donors (Lipinski definition) is 1. The van der Waals surface area contributed by atoms with Crippen LogP contribution in [0.15, 0.2) is 24.3 Å². The molecule has 0 bridgehead atoms. The van der Waals surface area contributed by atoms with Crippen LogP contribution in [0.1, 0.15) is 36.2 Å². The number of amides is 2. The van der Waals surface area contributed by atoms with Crippen LogP contribution in [0.3, 0.4) is 0 Å². The molecule has 6 nitrogen and oxygen atoms in total. The Balaban J connectivity index is 2.02. The Morgan fingerprint density at radius 3 is 2.59 bits per heavy atom. The summed E-state index contributed by atoms with van der Waals surface area (Å²) in [7, 11) is 0. The third kappa shape index (κ3) is 3.44. The molecule has 0 spiro atoms. The van der Waals surface area contributed by atoms with Crippen LogP contribution in [-0.2, 0) is 16.1 Å². The van der Waals surface area contributed by atoms with Gasteiger partial charge >= 0.3 is 5.97 Å². The lowest BCUT2D eigenvalue weighted by Crippen LogP contribution is -2.44. The van der Waals surface area contributed by atoms with Crippen LogP contribution in [0, 0.1) is 0 Å². The van der Waals surface area contributed by atoms with E-state index in [1.54, 1.807) is 12.1 Å². The predicted molar refractivity (Wildman–Crippen MR) is 80.3 cm³/mol. The summed E-state index contributed by atoms with van der Waals surface area (Å²) in [6, 6.07) is 7.20. The molecule has 0 saturated carbocycles. The Labute approximate surface area is 129 Å². The third-order valence-electron chi connectivity index (χ3n) is 3.73. The van der Waals surface area contributed by atoms with Crippen molar-refractivity contribution in [3.05, 3.63) is 35.4 Å². The smallest absolute Gasteiger partial charge is 0.305 e. The average molecular weight is 304 g/mol. The van der Waals surface area contributed by atoms with Crippen LogP contribution in [0.25, 0.3) is 0 Å². The zero-order valence-electron chi connectivity index (χ0n) is 12.8. The van der Waals surface area contributed by atoms with E-state index < -0.39 is 5.97 Å². The molecule has 0 fully saturated rings. The van der Waals surface area contributed by atoms with Gasteiger partial charge in [-0.2, -0.15) is 0 Å². The van der Waals surface area contributed by atoms with Gasteiger partial charge < -0.3 is 14.9 Å². The fourth-order valence-corrected chi connectivity index (χ4v) is 2.58. The topological polar surface area (TPSA) is 77.9 Å². The highest BCUT2D eigenvalue weighted by molar-refractivity contribution is 6.00. The van der Waals surface area contributed by atoms with Gasteiger partial charge in [-0.3, -0.25) is 14.4 Å². The first-order valence-electron chi connectivity index (χ1n) is 7.28. The number of hydrogen-bond acceptors (Lipinski definition) is 3. The number of nitrogens with zero attached hydrogens (tertiary/aromatic N) is 2. The maximum atomic E-state index is 12.4. The molecule has 0 radical (unpaired) electrons. The summed E-state index contributed by atoms with van der Waals surface area (Å²) >= 11 is 0. The molecular weight excluding hydrogens is 284 g/mol. The van der Waals surface area contributed by atoms with Gasteiger partial charge in [-0.25, -0.2) is 0 Å². The van der Waals surface area contributed by atoms with Crippen LogP contribution in [-0.4, -0.2) is 51.8 Å². The maximum Gasteiger partial charge on any atom is 0.305 e. The van der Waals surface area contributed by atoms with Crippen LogP contribution < -0.4 is 0 Å². The minimum absolute atomic E-state index is 0.0225. The number of aliphatic carboxylic acids is 1. The van der Waals surface area contributed by atoms with Gasteiger partial charge in [0.2, 0.25) is 5.91 Å². The second-order valence-electron chi connectivity index (χ2n) is 5.64. The number of carboxylic acid groups (broad SMARTS) is 1. The lowest BCUT2D eigenvalue weighted by atomic mass is 10.1. The van der Waals surface area contributed by atoms with E-state index in [-0.39, 0.29) is 37.4 Å². The number of fused-ring (bicyclic) bond motifs is 1. The normalized spacial score (nSPS) is 13.4. The highest BCUT2D eigenvalue weighted by Crippen LogP contribution is 2.22. The third-order valence-corrected chi connectivity index (χ3v) is 3.73. The van der Waals surface area contributed by atoms with E-state index in [0.29, 0.717) is 12.1 Å². The first-order chi connectivity index (χ1) is 10.4. The molecule has 22 heavy (non-hydrogen) atoms. The molecule has 6 heteroatoms. The lowest BCUT2D eigenvalue weighted by molar-refractivity contribution is -0.139. The van der Waals surface area contributed by atoms with Gasteiger partial charge in [0.05, 0.1) is 6.42 Å². The van der Waals surface area contributed by atoms with Crippen LogP contribution in [0.2, 0.25) is 0 Å². The van der Waals surface area contributed by atoms with Crippen LogP contribution in [0.5, 0.6) is 0 Å². The number of carboxylic acids is 1.